The van der Waals surface area contributed by atoms with Crippen LogP contribution < -0.4 is 16.2 Å². The van der Waals surface area contributed by atoms with Crippen LogP contribution in [0.15, 0.2) is 53.0 Å². The van der Waals surface area contributed by atoms with E-state index in [0.29, 0.717) is 15.1 Å². The molecule has 2 amide bonds. The Kier molecular flexibility index (Phi) is 6.78. The summed E-state index contributed by atoms with van der Waals surface area (Å²) in [6.07, 6.45) is 0. The summed E-state index contributed by atoms with van der Waals surface area (Å²) in [5.41, 5.74) is 6.23. The van der Waals surface area contributed by atoms with E-state index in [-0.39, 0.29) is 24.4 Å². The topological polar surface area (TPSA) is 70.2 Å². The number of hydrazine groups is 1. The standard InChI is InChI=1S/C17H17BrClN3O2/c1-11(12-6-8-13(19)9-7-12)20-10-16(23)21-22-17(24)14-4-2-3-5-15(14)18/h2-9,11,20H,10H2,1H3,(H,21,23)(H,22,24)/t11-/m0/s1. The number of benzene rings is 2. The van der Waals surface area contributed by atoms with Gasteiger partial charge < -0.3 is 5.32 Å². The Morgan fingerprint density at radius 1 is 1.08 bits per heavy atom. The van der Waals surface area contributed by atoms with Gasteiger partial charge in [0.2, 0.25) is 0 Å². The molecule has 0 aromatic heterocycles. The molecule has 0 heterocycles. The maximum absolute atomic E-state index is 12.0. The summed E-state index contributed by atoms with van der Waals surface area (Å²) >= 11 is 9.14. The van der Waals surface area contributed by atoms with Gasteiger partial charge in [0, 0.05) is 15.5 Å². The SMILES string of the molecule is C[C@H](NCC(=O)NNC(=O)c1ccccc1Br)c1ccc(Cl)cc1. The molecular formula is C17H17BrClN3O2. The van der Waals surface area contributed by atoms with Crippen LogP contribution in [-0.2, 0) is 4.79 Å². The molecule has 0 aliphatic rings. The fraction of sp³-hybridized carbons (Fsp3) is 0.176. The third-order valence-electron chi connectivity index (χ3n) is 3.37. The molecule has 3 N–H and O–H groups in total. The van der Waals surface area contributed by atoms with Crippen molar-refractivity contribution in [1.29, 1.82) is 0 Å². The predicted molar refractivity (Wildman–Crippen MR) is 97.6 cm³/mol. The second-order valence-corrected chi connectivity index (χ2v) is 6.43. The molecule has 0 spiro atoms. The summed E-state index contributed by atoms with van der Waals surface area (Å²) in [6, 6.07) is 14.3. The van der Waals surface area contributed by atoms with Crippen LogP contribution in [0, 0.1) is 0 Å². The van der Waals surface area contributed by atoms with E-state index in [0.717, 1.165) is 5.56 Å². The van der Waals surface area contributed by atoms with Crippen molar-refractivity contribution in [2.24, 2.45) is 0 Å². The number of carbonyl (C=O) groups is 2. The van der Waals surface area contributed by atoms with Crippen LogP contribution in [0.2, 0.25) is 5.02 Å². The molecular weight excluding hydrogens is 394 g/mol. The lowest BCUT2D eigenvalue weighted by Gasteiger charge is -2.14. The molecule has 2 rings (SSSR count). The van der Waals surface area contributed by atoms with Crippen molar-refractivity contribution in [3.8, 4) is 0 Å². The molecule has 1 atom stereocenters. The molecule has 0 unspecified atom stereocenters. The largest absolute Gasteiger partial charge is 0.302 e. The maximum Gasteiger partial charge on any atom is 0.270 e. The lowest BCUT2D eigenvalue weighted by atomic mass is 10.1. The van der Waals surface area contributed by atoms with Crippen LogP contribution in [0.4, 0.5) is 0 Å². The first kappa shape index (κ1) is 18.4. The van der Waals surface area contributed by atoms with E-state index < -0.39 is 0 Å². The van der Waals surface area contributed by atoms with Gasteiger partial charge in [-0.3, -0.25) is 20.4 Å². The van der Waals surface area contributed by atoms with Gasteiger partial charge in [-0.15, -0.1) is 0 Å². The molecule has 0 fully saturated rings. The van der Waals surface area contributed by atoms with E-state index in [1.54, 1.807) is 30.3 Å². The smallest absolute Gasteiger partial charge is 0.270 e. The summed E-state index contributed by atoms with van der Waals surface area (Å²) in [7, 11) is 0. The van der Waals surface area contributed by atoms with Crippen molar-refractivity contribution in [3.63, 3.8) is 0 Å². The Bertz CT molecular complexity index is 722. The molecule has 0 bridgehead atoms. The van der Waals surface area contributed by atoms with Crippen molar-refractivity contribution < 1.29 is 9.59 Å². The minimum absolute atomic E-state index is 0.0213. The van der Waals surface area contributed by atoms with Gasteiger partial charge in [0.05, 0.1) is 12.1 Å². The normalized spacial score (nSPS) is 11.6. The van der Waals surface area contributed by atoms with E-state index in [9.17, 15) is 9.59 Å². The molecule has 0 radical (unpaired) electrons. The van der Waals surface area contributed by atoms with Crippen molar-refractivity contribution in [2.75, 3.05) is 6.54 Å². The third kappa shape index (κ3) is 5.33. The first-order chi connectivity index (χ1) is 11.5. The van der Waals surface area contributed by atoms with Crippen LogP contribution in [-0.4, -0.2) is 18.4 Å². The van der Waals surface area contributed by atoms with Gasteiger partial charge >= 0.3 is 0 Å². The van der Waals surface area contributed by atoms with Crippen LogP contribution in [0.1, 0.15) is 28.9 Å². The zero-order valence-electron chi connectivity index (χ0n) is 13.0. The Balaban J connectivity index is 1.78. The summed E-state index contributed by atoms with van der Waals surface area (Å²) in [5.74, 6) is -0.724. The monoisotopic (exact) mass is 409 g/mol. The van der Waals surface area contributed by atoms with E-state index in [4.69, 9.17) is 11.6 Å². The molecule has 0 aliphatic heterocycles. The summed E-state index contributed by atoms with van der Waals surface area (Å²) in [6.45, 7) is 2.01. The van der Waals surface area contributed by atoms with E-state index in [1.165, 1.54) is 0 Å². The zero-order valence-corrected chi connectivity index (χ0v) is 15.3. The fourth-order valence-electron chi connectivity index (χ4n) is 2.00. The second kappa shape index (κ2) is 8.82. The minimum Gasteiger partial charge on any atom is -0.302 e. The van der Waals surface area contributed by atoms with Gasteiger partial charge in [-0.1, -0.05) is 35.9 Å². The van der Waals surface area contributed by atoms with E-state index in [2.05, 4.69) is 32.1 Å². The Morgan fingerprint density at radius 2 is 1.75 bits per heavy atom. The molecule has 5 nitrogen and oxygen atoms in total. The summed E-state index contributed by atoms with van der Waals surface area (Å²) < 4.78 is 0.659. The summed E-state index contributed by atoms with van der Waals surface area (Å²) in [4.78, 5) is 23.8. The van der Waals surface area contributed by atoms with Crippen molar-refractivity contribution in [3.05, 3.63) is 69.2 Å². The predicted octanol–water partition coefficient (Wildman–Crippen LogP) is 3.21. The highest BCUT2D eigenvalue weighted by atomic mass is 79.9. The van der Waals surface area contributed by atoms with Crippen molar-refractivity contribution in [2.45, 2.75) is 13.0 Å². The second-order valence-electron chi connectivity index (χ2n) is 5.14. The Hall–Kier alpha value is -1.89. The van der Waals surface area contributed by atoms with Gasteiger partial charge in [-0.25, -0.2) is 0 Å². The molecule has 2 aromatic carbocycles. The van der Waals surface area contributed by atoms with Crippen LogP contribution in [0.3, 0.4) is 0 Å². The molecule has 24 heavy (non-hydrogen) atoms. The average Bonchev–Trinajstić information content (AvgIpc) is 2.58. The first-order valence-corrected chi connectivity index (χ1v) is 8.47. The first-order valence-electron chi connectivity index (χ1n) is 7.30. The van der Waals surface area contributed by atoms with Crippen molar-refractivity contribution in [1.82, 2.24) is 16.2 Å². The fourth-order valence-corrected chi connectivity index (χ4v) is 2.59. The van der Waals surface area contributed by atoms with Gasteiger partial charge in [-0.2, -0.15) is 0 Å². The lowest BCUT2D eigenvalue weighted by molar-refractivity contribution is -0.121. The highest BCUT2D eigenvalue weighted by molar-refractivity contribution is 9.10. The number of carbonyl (C=O) groups excluding carboxylic acids is 2. The van der Waals surface area contributed by atoms with Crippen LogP contribution in [0.25, 0.3) is 0 Å². The third-order valence-corrected chi connectivity index (χ3v) is 4.32. The molecule has 0 saturated carbocycles. The molecule has 0 aliphatic carbocycles. The Morgan fingerprint density at radius 3 is 2.42 bits per heavy atom. The molecule has 2 aromatic rings. The number of hydrogen-bond donors (Lipinski definition) is 3. The number of hydrogen-bond acceptors (Lipinski definition) is 3. The quantitative estimate of drug-likeness (QED) is 0.663. The molecule has 0 saturated heterocycles. The summed E-state index contributed by atoms with van der Waals surface area (Å²) in [5, 5.41) is 3.74. The van der Waals surface area contributed by atoms with E-state index in [1.807, 2.05) is 25.1 Å². The molecule has 7 heteroatoms. The molecule has 126 valence electrons. The average molecular weight is 411 g/mol. The van der Waals surface area contributed by atoms with E-state index >= 15 is 0 Å². The maximum atomic E-state index is 12.0. The van der Waals surface area contributed by atoms with Gasteiger partial charge in [0.15, 0.2) is 0 Å². The number of rotatable bonds is 5. The number of amides is 2. The zero-order chi connectivity index (χ0) is 17.5. The van der Waals surface area contributed by atoms with Crippen LogP contribution >= 0.6 is 27.5 Å². The van der Waals surface area contributed by atoms with Crippen LogP contribution in [0.5, 0.6) is 0 Å². The minimum atomic E-state index is -0.387. The van der Waals surface area contributed by atoms with Gasteiger partial charge in [0.1, 0.15) is 0 Å². The number of halogens is 2. The van der Waals surface area contributed by atoms with Gasteiger partial charge in [0.25, 0.3) is 11.8 Å². The lowest BCUT2D eigenvalue weighted by Crippen LogP contribution is -2.45. The van der Waals surface area contributed by atoms with Crippen molar-refractivity contribution >= 4 is 39.3 Å². The van der Waals surface area contributed by atoms with Gasteiger partial charge in [-0.05, 0) is 52.7 Å². The Labute approximate surface area is 153 Å². The highest BCUT2D eigenvalue weighted by Gasteiger charge is 2.11. The highest BCUT2D eigenvalue weighted by Crippen LogP contribution is 2.16. The number of nitrogens with one attached hydrogen (secondary N) is 3.